The summed E-state index contributed by atoms with van der Waals surface area (Å²) in [5.41, 5.74) is 4.51. The number of hydrogen-bond acceptors (Lipinski definition) is 5. The van der Waals surface area contributed by atoms with Gasteiger partial charge in [-0.2, -0.15) is 10.4 Å². The molecule has 1 amide bonds. The first-order valence-corrected chi connectivity index (χ1v) is 10.3. The van der Waals surface area contributed by atoms with E-state index >= 15 is 0 Å². The quantitative estimate of drug-likeness (QED) is 0.610. The Morgan fingerprint density at radius 3 is 2.61 bits per heavy atom. The number of hydrogen-bond donors (Lipinski definition) is 0. The van der Waals surface area contributed by atoms with Crippen LogP contribution in [0, 0.1) is 11.3 Å². The number of carbonyl (C=O) groups excluding carboxylic acids is 1. The highest BCUT2D eigenvalue weighted by Gasteiger charge is 2.34. The standard InChI is InChI=1S/C24H25N5O2/c1-16-14-29-20(15-28(16)23(30)31-24(2,3)4)21(18-8-10-26-11-9-18)22(27-29)19-7-5-6-17(12-19)13-25/h5-12,16H,14-15H2,1-4H3/t16-/m0/s1. The molecule has 0 N–H and O–H groups in total. The van der Waals surface area contributed by atoms with Gasteiger partial charge in [-0.05, 0) is 57.5 Å². The van der Waals surface area contributed by atoms with Gasteiger partial charge in [-0.15, -0.1) is 0 Å². The Kier molecular flexibility index (Phi) is 5.24. The van der Waals surface area contributed by atoms with E-state index in [1.165, 1.54) is 0 Å². The number of pyridine rings is 1. The van der Waals surface area contributed by atoms with Crippen LogP contribution in [0.2, 0.25) is 0 Å². The first kappa shape index (κ1) is 20.6. The zero-order chi connectivity index (χ0) is 22.2. The normalized spacial score (nSPS) is 15.8. The molecule has 0 radical (unpaired) electrons. The molecule has 31 heavy (non-hydrogen) atoms. The second-order valence-electron chi connectivity index (χ2n) is 8.74. The third-order valence-corrected chi connectivity index (χ3v) is 5.21. The lowest BCUT2D eigenvalue weighted by Gasteiger charge is -2.35. The molecule has 0 unspecified atom stereocenters. The zero-order valence-corrected chi connectivity index (χ0v) is 18.2. The number of rotatable bonds is 2. The molecule has 4 rings (SSSR count). The smallest absolute Gasteiger partial charge is 0.410 e. The predicted molar refractivity (Wildman–Crippen MR) is 117 cm³/mol. The maximum atomic E-state index is 12.9. The Morgan fingerprint density at radius 1 is 1.19 bits per heavy atom. The summed E-state index contributed by atoms with van der Waals surface area (Å²) in [5.74, 6) is 0. The van der Waals surface area contributed by atoms with Crippen LogP contribution >= 0.6 is 0 Å². The van der Waals surface area contributed by atoms with Crippen molar-refractivity contribution in [2.45, 2.75) is 52.4 Å². The van der Waals surface area contributed by atoms with Crippen LogP contribution in [0.3, 0.4) is 0 Å². The molecular weight excluding hydrogens is 390 g/mol. The fourth-order valence-corrected chi connectivity index (χ4v) is 3.80. The van der Waals surface area contributed by atoms with Gasteiger partial charge in [0.15, 0.2) is 0 Å². The molecule has 0 saturated heterocycles. The van der Waals surface area contributed by atoms with Crippen molar-refractivity contribution < 1.29 is 9.53 Å². The van der Waals surface area contributed by atoms with E-state index in [-0.39, 0.29) is 12.1 Å². The first-order valence-electron chi connectivity index (χ1n) is 10.3. The summed E-state index contributed by atoms with van der Waals surface area (Å²) in [7, 11) is 0. The molecule has 2 aromatic heterocycles. The average molecular weight is 415 g/mol. The number of benzene rings is 1. The molecule has 0 bridgehead atoms. The molecule has 3 aromatic rings. The van der Waals surface area contributed by atoms with Gasteiger partial charge in [-0.25, -0.2) is 4.79 Å². The summed E-state index contributed by atoms with van der Waals surface area (Å²) < 4.78 is 7.61. The third-order valence-electron chi connectivity index (χ3n) is 5.21. The highest BCUT2D eigenvalue weighted by molar-refractivity contribution is 5.83. The van der Waals surface area contributed by atoms with E-state index in [4.69, 9.17) is 9.84 Å². The second kappa shape index (κ2) is 7.88. The van der Waals surface area contributed by atoms with Crippen LogP contribution < -0.4 is 0 Å². The van der Waals surface area contributed by atoms with E-state index < -0.39 is 5.60 Å². The van der Waals surface area contributed by atoms with Crippen molar-refractivity contribution in [3.8, 4) is 28.5 Å². The Morgan fingerprint density at radius 2 is 1.94 bits per heavy atom. The second-order valence-corrected chi connectivity index (χ2v) is 8.74. The van der Waals surface area contributed by atoms with E-state index in [0.29, 0.717) is 18.7 Å². The molecule has 1 aliphatic heterocycles. The minimum absolute atomic E-state index is 0.0640. The van der Waals surface area contributed by atoms with Crippen LogP contribution in [0.1, 0.15) is 39.0 Å². The largest absolute Gasteiger partial charge is 0.444 e. The van der Waals surface area contributed by atoms with E-state index in [0.717, 1.165) is 28.1 Å². The zero-order valence-electron chi connectivity index (χ0n) is 18.2. The van der Waals surface area contributed by atoms with E-state index in [9.17, 15) is 10.1 Å². The minimum atomic E-state index is -0.564. The van der Waals surface area contributed by atoms with Crippen molar-refractivity contribution >= 4 is 6.09 Å². The van der Waals surface area contributed by atoms with Gasteiger partial charge >= 0.3 is 6.09 Å². The van der Waals surface area contributed by atoms with Crippen molar-refractivity contribution in [1.82, 2.24) is 19.7 Å². The van der Waals surface area contributed by atoms with Gasteiger partial charge < -0.3 is 4.74 Å². The van der Waals surface area contributed by atoms with Gasteiger partial charge in [0.25, 0.3) is 0 Å². The number of carbonyl (C=O) groups is 1. The lowest BCUT2D eigenvalue weighted by Crippen LogP contribution is -2.47. The number of nitriles is 1. The predicted octanol–water partition coefficient (Wildman–Crippen LogP) is 4.62. The van der Waals surface area contributed by atoms with Crippen LogP contribution in [0.25, 0.3) is 22.4 Å². The molecule has 0 aliphatic carbocycles. The van der Waals surface area contributed by atoms with Crippen LogP contribution in [-0.2, 0) is 17.8 Å². The molecule has 1 aromatic carbocycles. The van der Waals surface area contributed by atoms with Gasteiger partial charge in [0.1, 0.15) is 11.3 Å². The van der Waals surface area contributed by atoms with Gasteiger partial charge in [0.05, 0.1) is 36.5 Å². The number of nitrogens with zero attached hydrogens (tertiary/aromatic N) is 5. The fraction of sp³-hybridized carbons (Fsp3) is 0.333. The molecule has 1 atom stereocenters. The number of amides is 1. The van der Waals surface area contributed by atoms with Crippen molar-refractivity contribution in [1.29, 1.82) is 5.26 Å². The van der Waals surface area contributed by atoms with Crippen LogP contribution in [0.15, 0.2) is 48.8 Å². The van der Waals surface area contributed by atoms with E-state index in [1.54, 1.807) is 23.4 Å². The maximum Gasteiger partial charge on any atom is 0.410 e. The van der Waals surface area contributed by atoms with Crippen molar-refractivity contribution in [3.63, 3.8) is 0 Å². The summed E-state index contributed by atoms with van der Waals surface area (Å²) >= 11 is 0. The summed E-state index contributed by atoms with van der Waals surface area (Å²) in [6.07, 6.45) is 3.15. The highest BCUT2D eigenvalue weighted by Crippen LogP contribution is 2.37. The van der Waals surface area contributed by atoms with Crippen LogP contribution in [-0.4, -0.2) is 37.4 Å². The van der Waals surface area contributed by atoms with Gasteiger partial charge in [-0.3, -0.25) is 14.6 Å². The van der Waals surface area contributed by atoms with Gasteiger partial charge in [0, 0.05) is 23.5 Å². The van der Waals surface area contributed by atoms with Crippen molar-refractivity contribution in [2.24, 2.45) is 0 Å². The van der Waals surface area contributed by atoms with Crippen molar-refractivity contribution in [3.05, 3.63) is 60.0 Å². The molecule has 1 aliphatic rings. The Bertz CT molecular complexity index is 1150. The molecular formula is C24H25N5O2. The topological polar surface area (TPSA) is 84.0 Å². The SMILES string of the molecule is C[C@H]1Cn2nc(-c3cccc(C#N)c3)c(-c3ccncc3)c2CN1C(=O)OC(C)(C)C. The fourth-order valence-electron chi connectivity index (χ4n) is 3.80. The number of fused-ring (bicyclic) bond motifs is 1. The molecule has 3 heterocycles. The molecule has 158 valence electrons. The molecule has 0 spiro atoms. The number of aromatic nitrogens is 3. The minimum Gasteiger partial charge on any atom is -0.444 e. The first-order chi connectivity index (χ1) is 14.8. The average Bonchev–Trinajstić information content (AvgIpc) is 3.10. The summed E-state index contributed by atoms with van der Waals surface area (Å²) in [5, 5.41) is 14.2. The van der Waals surface area contributed by atoms with Crippen LogP contribution in [0.4, 0.5) is 4.79 Å². The van der Waals surface area contributed by atoms with Gasteiger partial charge in [-0.1, -0.05) is 12.1 Å². The summed E-state index contributed by atoms with van der Waals surface area (Å²) in [6, 6.07) is 13.4. The number of ether oxygens (including phenoxy) is 1. The molecule has 7 heteroatoms. The maximum absolute atomic E-state index is 12.9. The van der Waals surface area contributed by atoms with E-state index in [1.807, 2.05) is 62.7 Å². The summed E-state index contributed by atoms with van der Waals surface area (Å²) in [4.78, 5) is 18.8. The van der Waals surface area contributed by atoms with Gasteiger partial charge in [0.2, 0.25) is 0 Å². The molecule has 7 nitrogen and oxygen atoms in total. The Hall–Kier alpha value is -3.66. The lowest BCUT2D eigenvalue weighted by atomic mass is 9.97. The lowest BCUT2D eigenvalue weighted by molar-refractivity contribution is 0.00914. The monoisotopic (exact) mass is 415 g/mol. The Balaban J connectivity index is 1.83. The highest BCUT2D eigenvalue weighted by atomic mass is 16.6. The van der Waals surface area contributed by atoms with E-state index in [2.05, 4.69) is 11.1 Å². The van der Waals surface area contributed by atoms with Crippen molar-refractivity contribution in [2.75, 3.05) is 0 Å². The molecule has 0 fully saturated rings. The molecule has 0 saturated carbocycles. The Labute approximate surface area is 181 Å². The van der Waals surface area contributed by atoms with Crippen LogP contribution in [0.5, 0.6) is 0 Å². The third kappa shape index (κ3) is 4.15. The summed E-state index contributed by atoms with van der Waals surface area (Å²) in [6.45, 7) is 8.55.